The standard InChI is InChI=1S/C25H16BrCl2NO5S/c1-33-18-6-3-15(4-7-18)24(31)34-21-9-5-17(26)11-16(21)12-22-23(30)29(25(32)35-22)13-14-2-8-19(27)20(28)10-14/h2-12H,13H2,1H3/b22-12-. The average molecular weight is 593 g/mol. The lowest BCUT2D eigenvalue weighted by Crippen LogP contribution is -2.27. The van der Waals surface area contributed by atoms with Crippen molar-refractivity contribution in [2.75, 3.05) is 7.11 Å². The van der Waals surface area contributed by atoms with Crippen LogP contribution in [0, 0.1) is 0 Å². The Balaban J connectivity index is 1.57. The fourth-order valence-corrected chi connectivity index (χ4v) is 4.74. The molecule has 0 bridgehead atoms. The van der Waals surface area contributed by atoms with Gasteiger partial charge in [0.1, 0.15) is 11.5 Å². The second-order valence-electron chi connectivity index (χ2n) is 7.32. The molecule has 35 heavy (non-hydrogen) atoms. The van der Waals surface area contributed by atoms with Gasteiger partial charge in [-0.3, -0.25) is 14.5 Å². The monoisotopic (exact) mass is 591 g/mol. The number of benzene rings is 3. The number of esters is 1. The predicted molar refractivity (Wildman–Crippen MR) is 140 cm³/mol. The van der Waals surface area contributed by atoms with E-state index in [2.05, 4.69) is 15.9 Å². The summed E-state index contributed by atoms with van der Waals surface area (Å²) in [6.45, 7) is 0.0523. The second-order valence-corrected chi connectivity index (χ2v) is 10.0. The Bertz CT molecular complexity index is 1360. The molecule has 0 atom stereocenters. The van der Waals surface area contributed by atoms with Crippen LogP contribution in [0.25, 0.3) is 6.08 Å². The summed E-state index contributed by atoms with van der Waals surface area (Å²) < 4.78 is 11.4. The summed E-state index contributed by atoms with van der Waals surface area (Å²) in [5, 5.41) is 0.305. The minimum Gasteiger partial charge on any atom is -0.497 e. The zero-order chi connectivity index (χ0) is 25.1. The van der Waals surface area contributed by atoms with E-state index < -0.39 is 17.1 Å². The number of nitrogens with zero attached hydrogens (tertiary/aromatic N) is 1. The molecule has 3 aromatic rings. The third-order valence-corrected chi connectivity index (χ3v) is 7.12. The number of halogens is 3. The van der Waals surface area contributed by atoms with Crippen LogP contribution in [0.15, 0.2) is 70.0 Å². The number of hydrogen-bond donors (Lipinski definition) is 0. The molecule has 0 N–H and O–H groups in total. The maximum atomic E-state index is 13.0. The van der Waals surface area contributed by atoms with E-state index >= 15 is 0 Å². The number of amides is 2. The Labute approximate surface area is 223 Å². The maximum Gasteiger partial charge on any atom is 0.343 e. The fourth-order valence-electron chi connectivity index (χ4n) is 3.21. The van der Waals surface area contributed by atoms with Gasteiger partial charge in [-0.05, 0) is 78.0 Å². The summed E-state index contributed by atoms with van der Waals surface area (Å²) in [6, 6.07) is 16.4. The van der Waals surface area contributed by atoms with Crippen molar-refractivity contribution in [3.63, 3.8) is 0 Å². The second kappa shape index (κ2) is 10.9. The van der Waals surface area contributed by atoms with E-state index in [-0.39, 0.29) is 17.2 Å². The first-order valence-corrected chi connectivity index (χ1v) is 12.5. The van der Waals surface area contributed by atoms with Crippen molar-refractivity contribution in [1.82, 2.24) is 4.90 Å². The van der Waals surface area contributed by atoms with Crippen molar-refractivity contribution in [2.45, 2.75) is 6.54 Å². The molecule has 1 aliphatic rings. The maximum absolute atomic E-state index is 13.0. The number of ether oxygens (including phenoxy) is 2. The van der Waals surface area contributed by atoms with Crippen LogP contribution in [0.3, 0.4) is 0 Å². The normalized spacial score (nSPS) is 14.5. The highest BCUT2D eigenvalue weighted by molar-refractivity contribution is 9.10. The molecule has 1 fully saturated rings. The van der Waals surface area contributed by atoms with E-state index in [1.54, 1.807) is 60.7 Å². The Kier molecular flexibility index (Phi) is 7.86. The SMILES string of the molecule is COc1ccc(C(=O)Oc2ccc(Br)cc2/C=C2\SC(=O)N(Cc3ccc(Cl)c(Cl)c3)C2=O)cc1. The zero-order valence-corrected chi connectivity index (χ0v) is 22.0. The smallest absolute Gasteiger partial charge is 0.343 e. The summed E-state index contributed by atoms with van der Waals surface area (Å²) >= 11 is 16.2. The Hall–Kier alpha value is -2.78. The van der Waals surface area contributed by atoms with Gasteiger partial charge in [0.2, 0.25) is 0 Å². The molecular formula is C25H16BrCl2NO5S. The van der Waals surface area contributed by atoms with Gasteiger partial charge < -0.3 is 9.47 Å². The molecular weight excluding hydrogens is 577 g/mol. The molecule has 1 heterocycles. The molecule has 0 aliphatic carbocycles. The molecule has 10 heteroatoms. The van der Waals surface area contributed by atoms with Gasteiger partial charge in [0, 0.05) is 10.0 Å². The number of imide groups is 1. The quantitative estimate of drug-likeness (QED) is 0.171. The van der Waals surface area contributed by atoms with E-state index in [4.69, 9.17) is 32.7 Å². The summed E-state index contributed by atoms with van der Waals surface area (Å²) in [7, 11) is 1.54. The van der Waals surface area contributed by atoms with Crippen LogP contribution in [0.4, 0.5) is 4.79 Å². The first-order valence-electron chi connectivity index (χ1n) is 10.1. The van der Waals surface area contributed by atoms with Crippen molar-refractivity contribution >= 4 is 74.1 Å². The lowest BCUT2D eigenvalue weighted by molar-refractivity contribution is -0.123. The summed E-state index contributed by atoms with van der Waals surface area (Å²) in [5.41, 5.74) is 1.46. The topological polar surface area (TPSA) is 72.9 Å². The number of carbonyl (C=O) groups excluding carboxylic acids is 3. The Morgan fingerprint density at radius 3 is 2.46 bits per heavy atom. The van der Waals surface area contributed by atoms with Crippen molar-refractivity contribution < 1.29 is 23.9 Å². The zero-order valence-electron chi connectivity index (χ0n) is 18.1. The molecule has 0 aromatic heterocycles. The number of thioether (sulfide) groups is 1. The molecule has 0 spiro atoms. The first-order chi connectivity index (χ1) is 16.7. The molecule has 3 aromatic carbocycles. The van der Waals surface area contributed by atoms with Gasteiger partial charge in [-0.1, -0.05) is 45.2 Å². The van der Waals surface area contributed by atoms with E-state index in [0.29, 0.717) is 37.0 Å². The molecule has 1 saturated heterocycles. The van der Waals surface area contributed by atoms with Gasteiger partial charge in [0.25, 0.3) is 11.1 Å². The van der Waals surface area contributed by atoms with Crippen LogP contribution in [-0.4, -0.2) is 29.1 Å². The minimum absolute atomic E-state index is 0.0523. The highest BCUT2D eigenvalue weighted by Gasteiger charge is 2.35. The number of rotatable bonds is 6. The number of hydrogen-bond acceptors (Lipinski definition) is 6. The number of carbonyl (C=O) groups is 3. The molecule has 4 rings (SSSR count). The first kappa shape index (κ1) is 25.3. The Morgan fingerprint density at radius 2 is 1.77 bits per heavy atom. The molecule has 0 unspecified atom stereocenters. The predicted octanol–water partition coefficient (Wildman–Crippen LogP) is 7.22. The largest absolute Gasteiger partial charge is 0.497 e. The van der Waals surface area contributed by atoms with Gasteiger partial charge >= 0.3 is 5.97 Å². The molecule has 6 nitrogen and oxygen atoms in total. The average Bonchev–Trinajstić information content (AvgIpc) is 3.10. The van der Waals surface area contributed by atoms with Gasteiger partial charge in [-0.25, -0.2) is 4.79 Å². The van der Waals surface area contributed by atoms with Gasteiger partial charge in [-0.15, -0.1) is 0 Å². The molecule has 1 aliphatic heterocycles. The van der Waals surface area contributed by atoms with Crippen LogP contribution in [0.1, 0.15) is 21.5 Å². The van der Waals surface area contributed by atoms with Gasteiger partial charge in [0.05, 0.1) is 34.2 Å². The third kappa shape index (κ3) is 5.90. The van der Waals surface area contributed by atoms with E-state index in [9.17, 15) is 14.4 Å². The molecule has 0 saturated carbocycles. The van der Waals surface area contributed by atoms with E-state index in [1.165, 1.54) is 13.2 Å². The van der Waals surface area contributed by atoms with Crippen LogP contribution >= 0.6 is 50.9 Å². The molecule has 178 valence electrons. The minimum atomic E-state index is -0.572. The lowest BCUT2D eigenvalue weighted by atomic mass is 10.1. The van der Waals surface area contributed by atoms with Crippen molar-refractivity contribution in [1.29, 1.82) is 0 Å². The van der Waals surface area contributed by atoms with E-state index in [0.717, 1.165) is 16.7 Å². The highest BCUT2D eigenvalue weighted by atomic mass is 79.9. The summed E-state index contributed by atoms with van der Waals surface area (Å²) in [5.74, 6) is -0.177. The van der Waals surface area contributed by atoms with Crippen LogP contribution in [0.2, 0.25) is 10.0 Å². The van der Waals surface area contributed by atoms with Crippen molar-refractivity contribution in [3.8, 4) is 11.5 Å². The lowest BCUT2D eigenvalue weighted by Gasteiger charge is -2.13. The Morgan fingerprint density at radius 1 is 1.03 bits per heavy atom. The van der Waals surface area contributed by atoms with Gasteiger partial charge in [-0.2, -0.15) is 0 Å². The van der Waals surface area contributed by atoms with Crippen LogP contribution < -0.4 is 9.47 Å². The third-order valence-electron chi connectivity index (χ3n) is 4.99. The molecule has 2 amide bonds. The van der Waals surface area contributed by atoms with Crippen LogP contribution in [0.5, 0.6) is 11.5 Å². The summed E-state index contributed by atoms with van der Waals surface area (Å²) in [4.78, 5) is 39.6. The summed E-state index contributed by atoms with van der Waals surface area (Å²) in [6.07, 6.45) is 1.53. The highest BCUT2D eigenvalue weighted by Crippen LogP contribution is 2.36. The van der Waals surface area contributed by atoms with E-state index in [1.807, 2.05) is 0 Å². The fraction of sp³-hybridized carbons (Fsp3) is 0.0800. The van der Waals surface area contributed by atoms with Crippen molar-refractivity contribution in [2.24, 2.45) is 0 Å². The van der Waals surface area contributed by atoms with Crippen molar-refractivity contribution in [3.05, 3.63) is 96.8 Å². The molecule has 0 radical (unpaired) electrons. The van der Waals surface area contributed by atoms with Gasteiger partial charge in [0.15, 0.2) is 0 Å². The van der Waals surface area contributed by atoms with Crippen LogP contribution in [-0.2, 0) is 11.3 Å². The number of methoxy groups -OCH3 is 1.